The highest BCUT2D eigenvalue weighted by Gasteiger charge is 2.27. The summed E-state index contributed by atoms with van der Waals surface area (Å²) >= 11 is 0. The molecule has 4 N–H and O–H groups in total. The van der Waals surface area contributed by atoms with E-state index in [1.165, 1.54) is 5.69 Å². The molecule has 0 bridgehead atoms. The van der Waals surface area contributed by atoms with Crippen LogP contribution in [0.4, 0.5) is 5.69 Å². The lowest BCUT2D eigenvalue weighted by Gasteiger charge is -2.18. The second-order valence-electron chi connectivity index (χ2n) is 10.1. The SMILES string of the molecule is CCc1c(C(=O)Nc2ccc(-c3ccccc3)cc2)c2c(n1CC[C@@H](O)C[C@@H](O)CC(=O)O)CCCCC2. The Morgan fingerprint density at radius 1 is 0.921 bits per heavy atom. The van der Waals surface area contributed by atoms with E-state index in [9.17, 15) is 19.8 Å². The number of aliphatic hydroxyl groups is 2. The number of carbonyl (C=O) groups excluding carboxylic acids is 1. The van der Waals surface area contributed by atoms with Gasteiger partial charge in [0.25, 0.3) is 5.91 Å². The Morgan fingerprint density at radius 3 is 2.29 bits per heavy atom. The van der Waals surface area contributed by atoms with Crippen molar-refractivity contribution in [3.05, 3.63) is 77.1 Å². The molecule has 1 amide bonds. The lowest BCUT2D eigenvalue weighted by Crippen LogP contribution is -2.22. The zero-order valence-corrected chi connectivity index (χ0v) is 22.0. The average molecular weight is 519 g/mol. The van der Waals surface area contributed by atoms with Gasteiger partial charge in [0.1, 0.15) is 0 Å². The minimum Gasteiger partial charge on any atom is -0.481 e. The summed E-state index contributed by atoms with van der Waals surface area (Å²) in [5.41, 5.74) is 6.95. The molecule has 7 nitrogen and oxygen atoms in total. The molecular weight excluding hydrogens is 480 g/mol. The Kier molecular flexibility index (Phi) is 9.37. The van der Waals surface area contributed by atoms with Gasteiger partial charge >= 0.3 is 5.97 Å². The van der Waals surface area contributed by atoms with Crippen molar-refractivity contribution >= 4 is 17.6 Å². The smallest absolute Gasteiger partial charge is 0.305 e. The predicted octanol–water partition coefficient (Wildman–Crippen LogP) is 5.22. The van der Waals surface area contributed by atoms with Crippen molar-refractivity contribution in [3.8, 4) is 11.1 Å². The summed E-state index contributed by atoms with van der Waals surface area (Å²) < 4.78 is 2.20. The second kappa shape index (κ2) is 12.9. The minimum absolute atomic E-state index is 0.0174. The maximum Gasteiger partial charge on any atom is 0.305 e. The molecule has 38 heavy (non-hydrogen) atoms. The number of amides is 1. The Morgan fingerprint density at radius 2 is 1.61 bits per heavy atom. The first-order valence-electron chi connectivity index (χ1n) is 13.6. The molecule has 0 unspecified atom stereocenters. The van der Waals surface area contributed by atoms with Crippen LogP contribution >= 0.6 is 0 Å². The van der Waals surface area contributed by atoms with E-state index in [1.807, 2.05) is 49.4 Å². The lowest BCUT2D eigenvalue weighted by atomic mass is 10.0. The third-order valence-corrected chi connectivity index (χ3v) is 7.38. The number of rotatable bonds is 11. The van der Waals surface area contributed by atoms with Gasteiger partial charge in [-0.25, -0.2) is 0 Å². The molecule has 0 aliphatic heterocycles. The largest absolute Gasteiger partial charge is 0.481 e. The van der Waals surface area contributed by atoms with E-state index in [1.54, 1.807) is 0 Å². The normalized spacial score (nSPS) is 14.8. The van der Waals surface area contributed by atoms with Crippen LogP contribution in [0.5, 0.6) is 0 Å². The van der Waals surface area contributed by atoms with Crippen LogP contribution in [-0.2, 0) is 30.6 Å². The molecule has 1 aliphatic carbocycles. The number of hydrogen-bond donors (Lipinski definition) is 4. The van der Waals surface area contributed by atoms with Gasteiger partial charge in [0, 0.05) is 23.6 Å². The van der Waals surface area contributed by atoms with E-state index in [-0.39, 0.29) is 18.7 Å². The zero-order valence-electron chi connectivity index (χ0n) is 22.0. The van der Waals surface area contributed by atoms with Gasteiger partial charge in [0.15, 0.2) is 0 Å². The Hall–Kier alpha value is -3.42. The standard InChI is InChI=1S/C31H38N2O5/c1-2-27-30(31(38)32-23-15-13-22(14-16-23)21-9-5-3-6-10-21)26-11-7-4-8-12-28(26)33(27)18-17-24(34)19-25(35)20-29(36)37/h3,5-6,9-10,13-16,24-25,34-35H,2,4,7-8,11-12,17-20H2,1H3,(H,32,38)(H,36,37)/t24-,25-/m1/s1. The molecule has 3 aromatic rings. The van der Waals surface area contributed by atoms with E-state index >= 15 is 0 Å². The number of anilines is 1. The third-order valence-electron chi connectivity index (χ3n) is 7.38. The monoisotopic (exact) mass is 518 g/mol. The van der Waals surface area contributed by atoms with Gasteiger partial charge in [-0.3, -0.25) is 9.59 Å². The van der Waals surface area contributed by atoms with Gasteiger partial charge in [-0.05, 0) is 73.8 Å². The van der Waals surface area contributed by atoms with Crippen molar-refractivity contribution in [1.82, 2.24) is 4.57 Å². The van der Waals surface area contributed by atoms with Crippen molar-refractivity contribution in [1.29, 1.82) is 0 Å². The Labute approximate surface area is 224 Å². The van der Waals surface area contributed by atoms with Crippen LogP contribution < -0.4 is 5.32 Å². The molecule has 1 aromatic heterocycles. The number of nitrogens with one attached hydrogen (secondary N) is 1. The fraction of sp³-hybridized carbons (Fsp3) is 0.419. The quantitative estimate of drug-likeness (QED) is 0.260. The summed E-state index contributed by atoms with van der Waals surface area (Å²) in [7, 11) is 0. The first kappa shape index (κ1) is 27.6. The van der Waals surface area contributed by atoms with Gasteiger partial charge in [-0.1, -0.05) is 55.8 Å². The van der Waals surface area contributed by atoms with Crippen LogP contribution in [0.1, 0.15) is 72.8 Å². The summed E-state index contributed by atoms with van der Waals surface area (Å²) in [6.07, 6.45) is 3.75. The predicted molar refractivity (Wildman–Crippen MR) is 148 cm³/mol. The minimum atomic E-state index is -1.08. The van der Waals surface area contributed by atoms with Crippen LogP contribution in [0.25, 0.3) is 11.1 Å². The molecule has 0 spiro atoms. The van der Waals surface area contributed by atoms with E-state index in [0.29, 0.717) is 19.4 Å². The molecular formula is C31H38N2O5. The molecule has 1 aliphatic rings. The molecule has 0 saturated heterocycles. The van der Waals surface area contributed by atoms with Crippen molar-refractivity contribution < 1.29 is 24.9 Å². The summed E-state index contributed by atoms with van der Waals surface area (Å²) in [5, 5.41) is 32.4. The van der Waals surface area contributed by atoms with Crippen molar-refractivity contribution in [3.63, 3.8) is 0 Å². The number of carbonyl (C=O) groups is 2. The molecule has 1 heterocycles. The fourth-order valence-corrected chi connectivity index (χ4v) is 5.58. The summed E-state index contributed by atoms with van der Waals surface area (Å²) in [5.74, 6) is -1.19. The lowest BCUT2D eigenvalue weighted by molar-refractivity contribution is -0.139. The first-order valence-corrected chi connectivity index (χ1v) is 13.6. The van der Waals surface area contributed by atoms with Gasteiger partial charge < -0.3 is 25.2 Å². The molecule has 2 atom stereocenters. The summed E-state index contributed by atoms with van der Waals surface area (Å²) in [6.45, 7) is 2.56. The van der Waals surface area contributed by atoms with Crippen molar-refractivity contribution in [2.24, 2.45) is 0 Å². The third kappa shape index (κ3) is 6.71. The van der Waals surface area contributed by atoms with Gasteiger partial charge in [-0.2, -0.15) is 0 Å². The molecule has 4 rings (SSSR count). The Bertz CT molecular complexity index is 1230. The van der Waals surface area contributed by atoms with Crippen LogP contribution in [0.3, 0.4) is 0 Å². The number of aliphatic hydroxyl groups excluding tert-OH is 2. The van der Waals surface area contributed by atoms with Crippen LogP contribution in [0, 0.1) is 0 Å². The van der Waals surface area contributed by atoms with E-state index in [4.69, 9.17) is 5.11 Å². The number of benzene rings is 2. The number of carboxylic acids is 1. The highest BCUT2D eigenvalue weighted by atomic mass is 16.4. The second-order valence-corrected chi connectivity index (χ2v) is 10.1. The van der Waals surface area contributed by atoms with Crippen molar-refractivity contribution in [2.75, 3.05) is 5.32 Å². The van der Waals surface area contributed by atoms with E-state index in [2.05, 4.69) is 22.0 Å². The molecule has 0 saturated carbocycles. The molecule has 0 radical (unpaired) electrons. The van der Waals surface area contributed by atoms with Crippen LogP contribution in [-0.4, -0.2) is 44.0 Å². The zero-order chi connectivity index (χ0) is 27.1. The summed E-state index contributed by atoms with van der Waals surface area (Å²) in [4.78, 5) is 24.5. The highest BCUT2D eigenvalue weighted by molar-refractivity contribution is 6.06. The topological polar surface area (TPSA) is 112 Å². The molecule has 2 aromatic carbocycles. The van der Waals surface area contributed by atoms with Gasteiger partial charge in [-0.15, -0.1) is 0 Å². The van der Waals surface area contributed by atoms with Crippen LogP contribution in [0.2, 0.25) is 0 Å². The highest BCUT2D eigenvalue weighted by Crippen LogP contribution is 2.32. The van der Waals surface area contributed by atoms with Crippen molar-refractivity contribution in [2.45, 2.75) is 83.5 Å². The molecule has 0 fully saturated rings. The first-order chi connectivity index (χ1) is 18.4. The van der Waals surface area contributed by atoms with E-state index < -0.39 is 18.2 Å². The van der Waals surface area contributed by atoms with E-state index in [0.717, 1.165) is 65.7 Å². The maximum absolute atomic E-state index is 13.7. The number of fused-ring (bicyclic) bond motifs is 1. The maximum atomic E-state index is 13.7. The fourth-order valence-electron chi connectivity index (χ4n) is 5.58. The number of aromatic nitrogens is 1. The summed E-state index contributed by atoms with van der Waals surface area (Å²) in [6, 6.07) is 18.0. The van der Waals surface area contributed by atoms with Gasteiger partial charge in [0.05, 0.1) is 24.2 Å². The number of aliphatic carboxylic acids is 1. The molecule has 202 valence electrons. The average Bonchev–Trinajstić information content (AvgIpc) is 3.01. The van der Waals surface area contributed by atoms with Crippen LogP contribution in [0.15, 0.2) is 54.6 Å². The number of carboxylic acid groups (broad SMARTS) is 1. The number of nitrogens with zero attached hydrogens (tertiary/aromatic N) is 1. The Balaban J connectivity index is 1.54. The van der Waals surface area contributed by atoms with Gasteiger partial charge in [0.2, 0.25) is 0 Å². The molecule has 7 heteroatoms. The number of hydrogen-bond acceptors (Lipinski definition) is 4.